The first-order valence-corrected chi connectivity index (χ1v) is 7.00. The van der Waals surface area contributed by atoms with Gasteiger partial charge in [-0.2, -0.15) is 0 Å². The van der Waals surface area contributed by atoms with E-state index in [1.165, 1.54) is 9.75 Å². The predicted octanol–water partition coefficient (Wildman–Crippen LogP) is 3.81. The Morgan fingerprint density at radius 1 is 1.24 bits per heavy atom. The molecule has 0 aliphatic carbocycles. The third kappa shape index (κ3) is 3.31. The summed E-state index contributed by atoms with van der Waals surface area (Å²) >= 11 is 5.11. The Morgan fingerprint density at radius 3 is 2.76 bits per heavy atom. The van der Waals surface area contributed by atoms with Crippen LogP contribution >= 0.6 is 27.3 Å². The summed E-state index contributed by atoms with van der Waals surface area (Å²) in [5.41, 5.74) is 0.910. The Hall–Kier alpha value is -0.840. The van der Waals surface area contributed by atoms with Crippen molar-refractivity contribution in [3.05, 3.63) is 50.1 Å². The lowest BCUT2D eigenvalue weighted by Gasteiger charge is -2.07. The lowest BCUT2D eigenvalue weighted by Crippen LogP contribution is -2.11. The highest BCUT2D eigenvalue weighted by molar-refractivity contribution is 9.10. The number of phenols is 1. The van der Waals surface area contributed by atoms with Crippen molar-refractivity contribution in [3.8, 4) is 5.75 Å². The average molecular weight is 312 g/mol. The molecule has 17 heavy (non-hydrogen) atoms. The highest BCUT2D eigenvalue weighted by atomic mass is 79.9. The fourth-order valence-electron chi connectivity index (χ4n) is 1.60. The second-order valence-corrected chi connectivity index (χ2v) is 6.09. The van der Waals surface area contributed by atoms with E-state index in [0.717, 1.165) is 16.6 Å². The van der Waals surface area contributed by atoms with Gasteiger partial charge in [-0.15, -0.1) is 11.3 Å². The number of aryl methyl sites for hydroxylation is 1. The number of aromatic hydroxyl groups is 1. The molecule has 0 amide bonds. The van der Waals surface area contributed by atoms with E-state index in [1.807, 2.05) is 18.2 Å². The lowest BCUT2D eigenvalue weighted by molar-refractivity contribution is 0.461. The molecule has 1 aromatic heterocycles. The van der Waals surface area contributed by atoms with E-state index in [0.29, 0.717) is 12.3 Å². The number of benzene rings is 1. The van der Waals surface area contributed by atoms with E-state index in [2.05, 4.69) is 40.3 Å². The molecule has 2 N–H and O–H groups in total. The van der Waals surface area contributed by atoms with E-state index in [4.69, 9.17) is 0 Å². The van der Waals surface area contributed by atoms with Gasteiger partial charge < -0.3 is 10.4 Å². The molecule has 2 aromatic rings. The number of nitrogens with one attached hydrogen (secondary N) is 1. The smallest absolute Gasteiger partial charge is 0.134 e. The molecule has 4 heteroatoms. The van der Waals surface area contributed by atoms with E-state index in [9.17, 15) is 5.11 Å². The minimum atomic E-state index is 0.322. The van der Waals surface area contributed by atoms with E-state index in [-0.39, 0.29) is 0 Å². The minimum absolute atomic E-state index is 0.322. The normalized spacial score (nSPS) is 10.7. The second kappa shape index (κ2) is 5.67. The van der Waals surface area contributed by atoms with Crippen LogP contribution in [0.2, 0.25) is 0 Å². The van der Waals surface area contributed by atoms with Crippen molar-refractivity contribution in [2.24, 2.45) is 0 Å². The number of hydrogen-bond acceptors (Lipinski definition) is 3. The average Bonchev–Trinajstić information content (AvgIpc) is 2.70. The SMILES string of the molecule is Cc1ccc(CNCc2cccc(Br)c2O)s1. The van der Waals surface area contributed by atoms with E-state index < -0.39 is 0 Å². The summed E-state index contributed by atoms with van der Waals surface area (Å²) in [4.78, 5) is 2.64. The number of para-hydroxylation sites is 1. The maximum atomic E-state index is 9.81. The summed E-state index contributed by atoms with van der Waals surface area (Å²) in [7, 11) is 0. The van der Waals surface area contributed by atoms with Gasteiger partial charge in [0, 0.05) is 28.4 Å². The van der Waals surface area contributed by atoms with Crippen molar-refractivity contribution in [1.29, 1.82) is 0 Å². The van der Waals surface area contributed by atoms with Gasteiger partial charge in [-0.1, -0.05) is 12.1 Å². The molecular weight excluding hydrogens is 298 g/mol. The molecule has 0 aliphatic rings. The lowest BCUT2D eigenvalue weighted by atomic mass is 10.2. The monoisotopic (exact) mass is 311 g/mol. The van der Waals surface area contributed by atoms with Crippen LogP contribution in [0.3, 0.4) is 0 Å². The third-order valence-electron chi connectivity index (χ3n) is 2.48. The molecule has 0 atom stereocenters. The second-order valence-electron chi connectivity index (χ2n) is 3.86. The van der Waals surface area contributed by atoms with Gasteiger partial charge in [-0.25, -0.2) is 0 Å². The Balaban J connectivity index is 1.92. The van der Waals surface area contributed by atoms with E-state index >= 15 is 0 Å². The van der Waals surface area contributed by atoms with Crippen LogP contribution in [0.25, 0.3) is 0 Å². The molecular formula is C13H14BrNOS. The van der Waals surface area contributed by atoms with Crippen LogP contribution in [0.5, 0.6) is 5.75 Å². The van der Waals surface area contributed by atoms with Gasteiger partial charge in [0.2, 0.25) is 0 Å². The third-order valence-corrected chi connectivity index (χ3v) is 4.12. The number of rotatable bonds is 4. The largest absolute Gasteiger partial charge is 0.506 e. The van der Waals surface area contributed by atoms with Crippen molar-refractivity contribution in [1.82, 2.24) is 5.32 Å². The predicted molar refractivity (Wildman–Crippen MR) is 75.4 cm³/mol. The zero-order valence-corrected chi connectivity index (χ0v) is 11.9. The molecule has 0 saturated carbocycles. The number of halogens is 1. The van der Waals surface area contributed by atoms with Crippen molar-refractivity contribution in [3.63, 3.8) is 0 Å². The molecule has 2 rings (SSSR count). The Morgan fingerprint density at radius 2 is 2.06 bits per heavy atom. The van der Waals surface area contributed by atoms with Crippen LogP contribution < -0.4 is 5.32 Å². The van der Waals surface area contributed by atoms with Gasteiger partial charge in [-0.05, 0) is 41.1 Å². The molecule has 2 nitrogen and oxygen atoms in total. The molecule has 1 aromatic carbocycles. The molecule has 1 heterocycles. The molecule has 0 aliphatic heterocycles. The summed E-state index contributed by atoms with van der Waals surface area (Å²) in [5, 5.41) is 13.1. The van der Waals surface area contributed by atoms with Crippen molar-refractivity contribution in [2.45, 2.75) is 20.0 Å². The Labute approximate surface area is 113 Å². The zero-order chi connectivity index (χ0) is 12.3. The van der Waals surface area contributed by atoms with Gasteiger partial charge in [0.25, 0.3) is 0 Å². The number of phenolic OH excluding ortho intramolecular Hbond substituents is 1. The van der Waals surface area contributed by atoms with Crippen molar-refractivity contribution in [2.75, 3.05) is 0 Å². The summed E-state index contributed by atoms with van der Waals surface area (Å²) in [6, 6.07) is 9.94. The van der Waals surface area contributed by atoms with Gasteiger partial charge in [0.15, 0.2) is 0 Å². The van der Waals surface area contributed by atoms with Crippen molar-refractivity contribution < 1.29 is 5.11 Å². The first kappa shape index (κ1) is 12.6. The molecule has 90 valence electrons. The summed E-state index contributed by atoms with van der Waals surface area (Å²) < 4.78 is 0.740. The molecule has 0 spiro atoms. The molecule has 0 radical (unpaired) electrons. The zero-order valence-electron chi connectivity index (χ0n) is 9.53. The molecule has 0 bridgehead atoms. The standard InChI is InChI=1S/C13H14BrNOS/c1-9-5-6-11(17-9)8-15-7-10-3-2-4-12(14)13(10)16/h2-6,15-16H,7-8H2,1H3. The molecule has 0 unspecified atom stereocenters. The van der Waals surface area contributed by atoms with Crippen molar-refractivity contribution >= 4 is 27.3 Å². The summed E-state index contributed by atoms with van der Waals surface area (Å²) in [6.45, 7) is 3.61. The van der Waals surface area contributed by atoms with Gasteiger partial charge in [0.05, 0.1) is 4.47 Å². The van der Waals surface area contributed by atoms with Crippen LogP contribution in [0.4, 0.5) is 0 Å². The van der Waals surface area contributed by atoms with Gasteiger partial charge >= 0.3 is 0 Å². The van der Waals surface area contributed by atoms with Crippen LogP contribution in [0, 0.1) is 6.92 Å². The highest BCUT2D eigenvalue weighted by Gasteiger charge is 2.04. The maximum Gasteiger partial charge on any atom is 0.134 e. The fourth-order valence-corrected chi connectivity index (χ4v) is 2.87. The van der Waals surface area contributed by atoms with Gasteiger partial charge in [-0.3, -0.25) is 0 Å². The first-order chi connectivity index (χ1) is 8.16. The van der Waals surface area contributed by atoms with Gasteiger partial charge in [0.1, 0.15) is 5.75 Å². The molecule has 0 fully saturated rings. The summed E-state index contributed by atoms with van der Waals surface area (Å²) in [5.74, 6) is 0.322. The van der Waals surface area contributed by atoms with Crippen LogP contribution in [-0.4, -0.2) is 5.11 Å². The number of hydrogen-bond donors (Lipinski definition) is 2. The Bertz CT molecular complexity index is 510. The fraction of sp³-hybridized carbons (Fsp3) is 0.231. The maximum absolute atomic E-state index is 9.81. The molecule has 0 saturated heterocycles. The topological polar surface area (TPSA) is 32.3 Å². The van der Waals surface area contributed by atoms with Crippen LogP contribution in [0.15, 0.2) is 34.8 Å². The Kier molecular flexibility index (Phi) is 4.20. The van der Waals surface area contributed by atoms with E-state index in [1.54, 1.807) is 11.3 Å². The highest BCUT2D eigenvalue weighted by Crippen LogP contribution is 2.27. The quantitative estimate of drug-likeness (QED) is 0.899. The first-order valence-electron chi connectivity index (χ1n) is 5.39. The minimum Gasteiger partial charge on any atom is -0.506 e. The van der Waals surface area contributed by atoms with Crippen LogP contribution in [-0.2, 0) is 13.1 Å². The summed E-state index contributed by atoms with van der Waals surface area (Å²) in [6.07, 6.45) is 0. The number of thiophene rings is 1. The van der Waals surface area contributed by atoms with Crippen LogP contribution in [0.1, 0.15) is 15.3 Å².